The van der Waals surface area contributed by atoms with Gasteiger partial charge in [-0.2, -0.15) is 0 Å². The SMILES string of the molecule is CSc1ccc(C(C)Nc2ccc(N(C)C)cc2C)cc1. The first-order chi connectivity index (χ1) is 10.0. The van der Waals surface area contributed by atoms with E-state index in [1.165, 1.54) is 27.4 Å². The van der Waals surface area contributed by atoms with Gasteiger partial charge in [0.1, 0.15) is 0 Å². The molecule has 1 N–H and O–H groups in total. The van der Waals surface area contributed by atoms with Gasteiger partial charge in [-0.05, 0) is 61.6 Å². The van der Waals surface area contributed by atoms with Crippen LogP contribution in [0.25, 0.3) is 0 Å². The zero-order chi connectivity index (χ0) is 15.4. The monoisotopic (exact) mass is 300 g/mol. The number of hydrogen-bond donors (Lipinski definition) is 1. The number of rotatable bonds is 5. The zero-order valence-electron chi connectivity index (χ0n) is 13.5. The summed E-state index contributed by atoms with van der Waals surface area (Å²) in [6.45, 7) is 4.35. The van der Waals surface area contributed by atoms with E-state index in [9.17, 15) is 0 Å². The molecule has 0 heterocycles. The Labute approximate surface area is 132 Å². The van der Waals surface area contributed by atoms with E-state index < -0.39 is 0 Å². The summed E-state index contributed by atoms with van der Waals surface area (Å²) < 4.78 is 0. The number of hydrogen-bond acceptors (Lipinski definition) is 3. The molecule has 0 fully saturated rings. The Kier molecular flexibility index (Phi) is 5.18. The van der Waals surface area contributed by atoms with Crippen molar-refractivity contribution in [2.24, 2.45) is 0 Å². The fourth-order valence-electron chi connectivity index (χ4n) is 2.30. The van der Waals surface area contributed by atoms with Gasteiger partial charge in [-0.3, -0.25) is 0 Å². The molecule has 0 saturated carbocycles. The molecule has 0 aliphatic rings. The number of aryl methyl sites for hydroxylation is 1. The molecule has 112 valence electrons. The molecule has 0 saturated heterocycles. The van der Waals surface area contributed by atoms with E-state index in [0.29, 0.717) is 6.04 Å². The Morgan fingerprint density at radius 3 is 2.24 bits per heavy atom. The second kappa shape index (κ2) is 6.90. The largest absolute Gasteiger partial charge is 0.378 e. The summed E-state index contributed by atoms with van der Waals surface area (Å²) in [5.74, 6) is 0. The topological polar surface area (TPSA) is 15.3 Å². The third-order valence-electron chi connectivity index (χ3n) is 3.71. The van der Waals surface area contributed by atoms with Crippen molar-refractivity contribution in [1.82, 2.24) is 0 Å². The van der Waals surface area contributed by atoms with Gasteiger partial charge in [-0.25, -0.2) is 0 Å². The third kappa shape index (κ3) is 3.94. The van der Waals surface area contributed by atoms with Crippen molar-refractivity contribution in [3.05, 3.63) is 53.6 Å². The average Bonchev–Trinajstić information content (AvgIpc) is 2.49. The van der Waals surface area contributed by atoms with Crippen molar-refractivity contribution in [2.75, 3.05) is 30.6 Å². The molecule has 0 aromatic heterocycles. The van der Waals surface area contributed by atoms with Gasteiger partial charge in [0.05, 0.1) is 0 Å². The normalized spacial score (nSPS) is 12.0. The van der Waals surface area contributed by atoms with Crippen LogP contribution in [0.5, 0.6) is 0 Å². The maximum absolute atomic E-state index is 3.60. The first-order valence-corrected chi connectivity index (χ1v) is 8.42. The molecule has 0 bridgehead atoms. The van der Waals surface area contributed by atoms with Crippen molar-refractivity contribution in [1.29, 1.82) is 0 Å². The predicted octanol–water partition coefficient (Wildman–Crippen LogP) is 4.96. The number of nitrogens with one attached hydrogen (secondary N) is 1. The van der Waals surface area contributed by atoms with Crippen LogP contribution < -0.4 is 10.2 Å². The predicted molar refractivity (Wildman–Crippen MR) is 95.8 cm³/mol. The van der Waals surface area contributed by atoms with Crippen LogP contribution in [0, 0.1) is 6.92 Å². The van der Waals surface area contributed by atoms with Crippen LogP contribution >= 0.6 is 11.8 Å². The van der Waals surface area contributed by atoms with Crippen molar-refractivity contribution in [2.45, 2.75) is 24.8 Å². The van der Waals surface area contributed by atoms with Crippen LogP contribution in [0.2, 0.25) is 0 Å². The van der Waals surface area contributed by atoms with Gasteiger partial charge in [-0.15, -0.1) is 11.8 Å². The Morgan fingerprint density at radius 2 is 1.71 bits per heavy atom. The van der Waals surface area contributed by atoms with Crippen LogP contribution in [-0.4, -0.2) is 20.4 Å². The summed E-state index contributed by atoms with van der Waals surface area (Å²) in [7, 11) is 4.13. The van der Waals surface area contributed by atoms with E-state index in [-0.39, 0.29) is 0 Å². The molecule has 0 aliphatic carbocycles. The summed E-state index contributed by atoms with van der Waals surface area (Å²) in [4.78, 5) is 3.43. The molecule has 0 amide bonds. The first kappa shape index (κ1) is 15.8. The molecule has 21 heavy (non-hydrogen) atoms. The molecule has 0 spiro atoms. The molecule has 0 aliphatic heterocycles. The summed E-state index contributed by atoms with van der Waals surface area (Å²) in [5.41, 5.74) is 5.01. The highest BCUT2D eigenvalue weighted by Gasteiger charge is 2.08. The highest BCUT2D eigenvalue weighted by molar-refractivity contribution is 7.98. The quantitative estimate of drug-likeness (QED) is 0.786. The maximum atomic E-state index is 3.60. The van der Waals surface area contributed by atoms with Gasteiger partial charge in [0.25, 0.3) is 0 Å². The van der Waals surface area contributed by atoms with Crippen LogP contribution in [0.15, 0.2) is 47.4 Å². The van der Waals surface area contributed by atoms with E-state index in [0.717, 1.165) is 0 Å². The van der Waals surface area contributed by atoms with Crippen LogP contribution in [0.1, 0.15) is 24.1 Å². The minimum atomic E-state index is 0.296. The minimum absolute atomic E-state index is 0.296. The lowest BCUT2D eigenvalue weighted by molar-refractivity contribution is 0.880. The fourth-order valence-corrected chi connectivity index (χ4v) is 2.71. The van der Waals surface area contributed by atoms with Gasteiger partial charge >= 0.3 is 0 Å². The van der Waals surface area contributed by atoms with Crippen LogP contribution in [0.4, 0.5) is 11.4 Å². The van der Waals surface area contributed by atoms with Crippen molar-refractivity contribution in [3.8, 4) is 0 Å². The Balaban J connectivity index is 2.13. The smallest absolute Gasteiger partial charge is 0.0485 e. The van der Waals surface area contributed by atoms with Crippen molar-refractivity contribution >= 4 is 23.1 Å². The Hall–Kier alpha value is -1.61. The number of nitrogens with zero attached hydrogens (tertiary/aromatic N) is 1. The van der Waals surface area contributed by atoms with Crippen LogP contribution in [0.3, 0.4) is 0 Å². The van der Waals surface area contributed by atoms with E-state index in [1.54, 1.807) is 11.8 Å². The highest BCUT2D eigenvalue weighted by Crippen LogP contribution is 2.26. The third-order valence-corrected chi connectivity index (χ3v) is 4.46. The zero-order valence-corrected chi connectivity index (χ0v) is 14.3. The van der Waals surface area contributed by atoms with E-state index in [4.69, 9.17) is 0 Å². The van der Waals surface area contributed by atoms with Crippen molar-refractivity contribution in [3.63, 3.8) is 0 Å². The molecule has 2 nitrogen and oxygen atoms in total. The molecule has 0 radical (unpaired) electrons. The Bertz CT molecular complexity index is 591. The summed E-state index contributed by atoms with van der Waals surface area (Å²) >= 11 is 1.77. The molecular formula is C18H24N2S. The van der Waals surface area contributed by atoms with E-state index in [1.807, 2.05) is 0 Å². The number of anilines is 2. The lowest BCUT2D eigenvalue weighted by atomic mass is 10.1. The molecule has 2 rings (SSSR count). The second-order valence-corrected chi connectivity index (χ2v) is 6.41. The number of benzene rings is 2. The van der Waals surface area contributed by atoms with Gasteiger partial charge < -0.3 is 10.2 Å². The summed E-state index contributed by atoms with van der Waals surface area (Å²) in [6, 6.07) is 15.6. The maximum Gasteiger partial charge on any atom is 0.0485 e. The van der Waals surface area contributed by atoms with E-state index >= 15 is 0 Å². The molecule has 2 aromatic rings. The van der Waals surface area contributed by atoms with Crippen LogP contribution in [-0.2, 0) is 0 Å². The molecule has 3 heteroatoms. The second-order valence-electron chi connectivity index (χ2n) is 5.53. The first-order valence-electron chi connectivity index (χ1n) is 7.19. The van der Waals surface area contributed by atoms with Gasteiger partial charge in [0.15, 0.2) is 0 Å². The average molecular weight is 300 g/mol. The fraction of sp³-hybridized carbons (Fsp3) is 0.333. The minimum Gasteiger partial charge on any atom is -0.378 e. The lowest BCUT2D eigenvalue weighted by Crippen LogP contribution is -2.10. The highest BCUT2D eigenvalue weighted by atomic mass is 32.2. The molecule has 1 atom stereocenters. The summed E-state index contributed by atoms with van der Waals surface area (Å²) in [6.07, 6.45) is 2.10. The molecule has 1 unspecified atom stereocenters. The number of thioether (sulfide) groups is 1. The molecular weight excluding hydrogens is 276 g/mol. The summed E-state index contributed by atoms with van der Waals surface area (Å²) in [5, 5.41) is 3.60. The standard InChI is InChI=1S/C18H24N2S/c1-13-12-16(20(3)4)8-11-18(13)19-14(2)15-6-9-17(21-5)10-7-15/h6-12,14,19H,1-5H3. The van der Waals surface area contributed by atoms with Gasteiger partial charge in [0, 0.05) is 36.4 Å². The van der Waals surface area contributed by atoms with Gasteiger partial charge in [0.2, 0.25) is 0 Å². The lowest BCUT2D eigenvalue weighted by Gasteiger charge is -2.20. The Morgan fingerprint density at radius 1 is 1.05 bits per heavy atom. The van der Waals surface area contributed by atoms with E-state index in [2.05, 4.69) is 86.9 Å². The molecule has 2 aromatic carbocycles. The van der Waals surface area contributed by atoms with Gasteiger partial charge in [-0.1, -0.05) is 12.1 Å². The van der Waals surface area contributed by atoms with Crippen molar-refractivity contribution < 1.29 is 0 Å².